The zero-order chi connectivity index (χ0) is 7.28. The number of hydrogen-bond donors (Lipinski definition) is 1. The van der Waals surface area contributed by atoms with E-state index in [-0.39, 0.29) is 31.9 Å². The number of carbonyl (C=O) groups excluding carboxylic acids is 1. The fraction of sp³-hybridized carbons (Fsp3) is 0.833. The molecule has 0 saturated heterocycles. The minimum atomic E-state index is -0.431. The van der Waals surface area contributed by atoms with Gasteiger partial charge in [0.25, 0.3) is 0 Å². The molecule has 0 aromatic heterocycles. The Labute approximate surface area is 80.5 Å². The van der Waals surface area contributed by atoms with Crippen LogP contribution in [0.4, 0.5) is 0 Å². The van der Waals surface area contributed by atoms with E-state index >= 15 is 0 Å². The Morgan fingerprint density at radius 2 is 2.09 bits per heavy atom. The summed E-state index contributed by atoms with van der Waals surface area (Å²) in [5.41, 5.74) is 5.36. The third-order valence-corrected chi connectivity index (χ3v) is 1.10. The highest BCUT2D eigenvalue weighted by Gasteiger charge is 2.10. The maximum absolute atomic E-state index is 10.6. The number of nitrogens with two attached hydrogens (primary N) is 1. The first-order valence-corrected chi connectivity index (χ1v) is 3.05. The number of ether oxygens (including phenoxy) is 1. The number of carbonyl (C=O) groups is 1. The molecule has 3 nitrogen and oxygen atoms in total. The molecule has 0 aliphatic heterocycles. The van der Waals surface area contributed by atoms with Crippen LogP contribution in [0.15, 0.2) is 0 Å². The van der Waals surface area contributed by atoms with Crippen LogP contribution < -0.4 is 5.73 Å². The van der Waals surface area contributed by atoms with E-state index in [0.717, 1.165) is 6.42 Å². The monoisotopic (exact) mass is 201 g/mol. The second kappa shape index (κ2) is 10.1. The van der Waals surface area contributed by atoms with Gasteiger partial charge in [-0.25, -0.2) is 0 Å². The lowest BCUT2D eigenvalue weighted by atomic mass is 10.2. The van der Waals surface area contributed by atoms with Crippen LogP contribution in [0.2, 0.25) is 0 Å². The lowest BCUT2D eigenvalue weighted by Gasteiger charge is -2.05. The van der Waals surface area contributed by atoms with Crippen molar-refractivity contribution < 1.29 is 9.53 Å². The summed E-state index contributed by atoms with van der Waals surface area (Å²) < 4.78 is 4.40. The molecule has 0 heterocycles. The van der Waals surface area contributed by atoms with Gasteiger partial charge in [-0.05, 0) is 6.42 Å². The molecule has 0 rings (SSSR count). The molecule has 0 aromatic rings. The molecule has 0 amide bonds. The van der Waals surface area contributed by atoms with Gasteiger partial charge in [0.15, 0.2) is 0 Å². The maximum atomic E-state index is 10.6. The van der Waals surface area contributed by atoms with E-state index in [1.54, 1.807) is 0 Å². The first-order chi connectivity index (χ1) is 4.22. The Balaban J connectivity index is -0.000000320. The highest BCUT2D eigenvalue weighted by molar-refractivity contribution is 7.59. The summed E-state index contributed by atoms with van der Waals surface area (Å²) in [6, 6.07) is -0.431. The van der Waals surface area contributed by atoms with Gasteiger partial charge in [-0.1, -0.05) is 13.3 Å². The Bertz CT molecular complexity index is 103. The average Bonchev–Trinajstić information content (AvgIpc) is 1.87. The van der Waals surface area contributed by atoms with Crippen molar-refractivity contribution in [1.82, 2.24) is 0 Å². The predicted octanol–water partition coefficient (Wildman–Crippen LogP) is 0.821. The molecule has 11 heavy (non-hydrogen) atoms. The van der Waals surface area contributed by atoms with Gasteiger partial charge in [-0.2, -0.15) is 13.5 Å². The third-order valence-electron chi connectivity index (χ3n) is 1.10. The molecule has 0 unspecified atom stereocenters. The van der Waals surface area contributed by atoms with Gasteiger partial charge in [0.2, 0.25) is 0 Å². The molecule has 0 fully saturated rings. The van der Waals surface area contributed by atoms with E-state index in [1.165, 1.54) is 7.11 Å². The first kappa shape index (κ1) is 17.2. The van der Waals surface area contributed by atoms with Crippen molar-refractivity contribution in [2.45, 2.75) is 25.8 Å². The molecule has 0 spiro atoms. The molecule has 0 saturated carbocycles. The summed E-state index contributed by atoms with van der Waals surface area (Å²) in [6.45, 7) is 1.98. The summed E-state index contributed by atoms with van der Waals surface area (Å²) in [6.07, 6.45) is 1.61. The van der Waals surface area contributed by atoms with Gasteiger partial charge in [0.05, 0.1) is 7.11 Å². The molecule has 0 aliphatic carbocycles. The molecule has 0 aromatic carbocycles. The third kappa shape index (κ3) is 7.97. The normalized spacial score (nSPS) is 10.5. The van der Waals surface area contributed by atoms with Crippen molar-refractivity contribution in [1.29, 1.82) is 0 Å². The van der Waals surface area contributed by atoms with Gasteiger partial charge in [-0.3, -0.25) is 4.79 Å². The predicted molar refractivity (Wildman–Crippen MR) is 52.5 cm³/mol. The Morgan fingerprint density at radius 3 is 2.36 bits per heavy atom. The summed E-state index contributed by atoms with van der Waals surface area (Å²) in [5, 5.41) is 0. The lowest BCUT2D eigenvalue weighted by molar-refractivity contribution is -0.142. The van der Waals surface area contributed by atoms with E-state index in [0.29, 0.717) is 6.42 Å². The van der Waals surface area contributed by atoms with Crippen molar-refractivity contribution in [3.63, 3.8) is 0 Å². The molecular weight excluding hydrogens is 186 g/mol. The molecule has 1 atom stereocenters. The van der Waals surface area contributed by atoms with Gasteiger partial charge < -0.3 is 10.5 Å². The number of esters is 1. The second-order valence-corrected chi connectivity index (χ2v) is 1.92. The summed E-state index contributed by atoms with van der Waals surface area (Å²) in [7, 11) is 1.35. The molecular formula is C6H16ClNO2S. The van der Waals surface area contributed by atoms with Crippen molar-refractivity contribution in [3.8, 4) is 0 Å². The quantitative estimate of drug-likeness (QED) is 0.688. The summed E-state index contributed by atoms with van der Waals surface area (Å²) in [4.78, 5) is 10.6. The van der Waals surface area contributed by atoms with Crippen LogP contribution in [0, 0.1) is 0 Å². The molecule has 0 bridgehead atoms. The van der Waals surface area contributed by atoms with E-state index in [1.807, 2.05) is 6.92 Å². The highest BCUT2D eigenvalue weighted by atomic mass is 35.5. The van der Waals surface area contributed by atoms with Crippen LogP contribution in [0.5, 0.6) is 0 Å². The number of halogens is 1. The van der Waals surface area contributed by atoms with Crippen molar-refractivity contribution in [2.75, 3.05) is 7.11 Å². The minimum Gasteiger partial charge on any atom is -0.468 e. The molecule has 2 N–H and O–H groups in total. The van der Waals surface area contributed by atoms with Crippen LogP contribution in [0.3, 0.4) is 0 Å². The zero-order valence-corrected chi connectivity index (χ0v) is 8.61. The number of hydrogen-bond acceptors (Lipinski definition) is 3. The fourth-order valence-corrected chi connectivity index (χ4v) is 0.580. The highest BCUT2D eigenvalue weighted by Crippen LogP contribution is 1.93. The van der Waals surface area contributed by atoms with Crippen LogP contribution in [0.1, 0.15) is 19.8 Å². The van der Waals surface area contributed by atoms with Gasteiger partial charge in [0, 0.05) is 0 Å². The maximum Gasteiger partial charge on any atom is 0.322 e. The number of methoxy groups -OCH3 is 1. The van der Waals surface area contributed by atoms with Crippen molar-refractivity contribution in [2.24, 2.45) is 5.73 Å². The van der Waals surface area contributed by atoms with Crippen molar-refractivity contribution >= 4 is 31.9 Å². The standard InChI is InChI=1S/C6H13NO2.ClH.H2S/c1-3-4-5(7)6(8)9-2;;/h5H,3-4,7H2,1-2H3;1H;1H2/t5-;;/m0../s1. The Hall–Kier alpha value is 0.0700. The minimum absolute atomic E-state index is 0. The fourth-order valence-electron chi connectivity index (χ4n) is 0.580. The van der Waals surface area contributed by atoms with Gasteiger partial charge >= 0.3 is 5.97 Å². The molecule has 0 aliphatic rings. The largest absolute Gasteiger partial charge is 0.468 e. The number of rotatable bonds is 3. The van der Waals surface area contributed by atoms with Crippen LogP contribution >= 0.6 is 25.9 Å². The zero-order valence-electron chi connectivity index (χ0n) is 6.79. The van der Waals surface area contributed by atoms with Gasteiger partial charge in [0.1, 0.15) is 6.04 Å². The van der Waals surface area contributed by atoms with E-state index in [2.05, 4.69) is 4.74 Å². The van der Waals surface area contributed by atoms with E-state index in [4.69, 9.17) is 5.73 Å². The average molecular weight is 202 g/mol. The van der Waals surface area contributed by atoms with Gasteiger partial charge in [-0.15, -0.1) is 12.4 Å². The Morgan fingerprint density at radius 1 is 1.64 bits per heavy atom. The summed E-state index contributed by atoms with van der Waals surface area (Å²) in [5.74, 6) is -0.322. The van der Waals surface area contributed by atoms with Crippen LogP contribution in [-0.4, -0.2) is 19.1 Å². The van der Waals surface area contributed by atoms with E-state index in [9.17, 15) is 4.79 Å². The van der Waals surface area contributed by atoms with E-state index < -0.39 is 6.04 Å². The molecule has 70 valence electrons. The first-order valence-electron chi connectivity index (χ1n) is 3.05. The van der Waals surface area contributed by atoms with Crippen molar-refractivity contribution in [3.05, 3.63) is 0 Å². The smallest absolute Gasteiger partial charge is 0.322 e. The lowest BCUT2D eigenvalue weighted by Crippen LogP contribution is -2.31. The topological polar surface area (TPSA) is 52.3 Å². The van der Waals surface area contributed by atoms with Crippen LogP contribution in [0.25, 0.3) is 0 Å². The molecule has 0 radical (unpaired) electrons. The SMILES string of the molecule is CCC[C@H](N)C(=O)OC.Cl.S. The molecule has 5 heteroatoms. The Kier molecular flexibility index (Phi) is 15.8. The second-order valence-electron chi connectivity index (χ2n) is 1.92. The summed E-state index contributed by atoms with van der Waals surface area (Å²) >= 11 is 0. The van der Waals surface area contributed by atoms with Crippen LogP contribution in [-0.2, 0) is 9.53 Å².